The maximum atomic E-state index is 12.1. The number of hydrogen-bond donors (Lipinski definition) is 1. The summed E-state index contributed by atoms with van der Waals surface area (Å²) in [7, 11) is 3.13. The first-order valence-electron chi connectivity index (χ1n) is 6.39. The predicted octanol–water partition coefficient (Wildman–Crippen LogP) is 1.59. The molecule has 4 nitrogen and oxygen atoms in total. The Balaban J connectivity index is 2.74. The number of esters is 1. The fraction of sp³-hybridized carbons (Fsp3) is 0.923. The fourth-order valence-electron chi connectivity index (χ4n) is 2.84. The summed E-state index contributed by atoms with van der Waals surface area (Å²) in [5, 5.41) is 3.36. The topological polar surface area (TPSA) is 47.6 Å². The van der Waals surface area contributed by atoms with E-state index in [4.69, 9.17) is 9.47 Å². The Kier molecular flexibility index (Phi) is 5.40. The monoisotopic (exact) mass is 243 g/mol. The van der Waals surface area contributed by atoms with Crippen molar-refractivity contribution < 1.29 is 14.3 Å². The predicted molar refractivity (Wildman–Crippen MR) is 66.8 cm³/mol. The first kappa shape index (κ1) is 14.5. The van der Waals surface area contributed by atoms with Gasteiger partial charge in [-0.25, -0.2) is 0 Å². The van der Waals surface area contributed by atoms with Crippen LogP contribution in [0.15, 0.2) is 0 Å². The Morgan fingerprint density at radius 1 is 1.41 bits per heavy atom. The van der Waals surface area contributed by atoms with Crippen molar-refractivity contribution in [3.8, 4) is 0 Å². The summed E-state index contributed by atoms with van der Waals surface area (Å²) in [6.07, 6.45) is 2.99. The number of carbonyl (C=O) groups is 1. The van der Waals surface area contributed by atoms with Crippen molar-refractivity contribution in [3.05, 3.63) is 0 Å². The SMILES string of the molecule is COCCNC1(C(=O)OC)CCC(C)CC1C. The van der Waals surface area contributed by atoms with Crippen LogP contribution in [0.4, 0.5) is 0 Å². The number of methoxy groups -OCH3 is 2. The zero-order valence-electron chi connectivity index (χ0n) is 11.4. The molecule has 17 heavy (non-hydrogen) atoms. The highest BCUT2D eigenvalue weighted by Gasteiger charge is 2.46. The van der Waals surface area contributed by atoms with E-state index in [0.29, 0.717) is 25.0 Å². The summed E-state index contributed by atoms with van der Waals surface area (Å²) < 4.78 is 10.0. The number of ether oxygens (including phenoxy) is 2. The van der Waals surface area contributed by atoms with Gasteiger partial charge in [0.2, 0.25) is 0 Å². The lowest BCUT2D eigenvalue weighted by Gasteiger charge is -2.43. The van der Waals surface area contributed by atoms with E-state index in [1.807, 2.05) is 0 Å². The lowest BCUT2D eigenvalue weighted by atomic mass is 9.70. The van der Waals surface area contributed by atoms with Crippen LogP contribution in [0.25, 0.3) is 0 Å². The highest BCUT2D eigenvalue weighted by atomic mass is 16.5. The van der Waals surface area contributed by atoms with E-state index in [2.05, 4.69) is 19.2 Å². The van der Waals surface area contributed by atoms with Crippen molar-refractivity contribution in [2.45, 2.75) is 38.6 Å². The van der Waals surface area contributed by atoms with Crippen molar-refractivity contribution in [2.75, 3.05) is 27.4 Å². The van der Waals surface area contributed by atoms with Gasteiger partial charge in [0.05, 0.1) is 13.7 Å². The van der Waals surface area contributed by atoms with Crippen molar-refractivity contribution in [3.63, 3.8) is 0 Å². The first-order chi connectivity index (χ1) is 8.06. The fourth-order valence-corrected chi connectivity index (χ4v) is 2.84. The summed E-state index contributed by atoms with van der Waals surface area (Å²) >= 11 is 0. The molecule has 3 unspecified atom stereocenters. The molecule has 0 bridgehead atoms. The van der Waals surface area contributed by atoms with E-state index in [-0.39, 0.29) is 5.97 Å². The normalized spacial score (nSPS) is 33.4. The largest absolute Gasteiger partial charge is 0.468 e. The second-order valence-corrected chi connectivity index (χ2v) is 5.16. The molecule has 1 N–H and O–H groups in total. The van der Waals surface area contributed by atoms with Crippen LogP contribution in [-0.2, 0) is 14.3 Å². The second kappa shape index (κ2) is 6.36. The molecule has 0 radical (unpaired) electrons. The zero-order valence-corrected chi connectivity index (χ0v) is 11.4. The van der Waals surface area contributed by atoms with Crippen LogP contribution in [0, 0.1) is 11.8 Å². The molecule has 0 aliphatic heterocycles. The Labute approximate surface area is 104 Å². The Morgan fingerprint density at radius 3 is 2.65 bits per heavy atom. The first-order valence-corrected chi connectivity index (χ1v) is 6.39. The van der Waals surface area contributed by atoms with Gasteiger partial charge in [0.15, 0.2) is 0 Å². The summed E-state index contributed by atoms with van der Waals surface area (Å²) in [5.74, 6) is 0.857. The van der Waals surface area contributed by atoms with Gasteiger partial charge in [0.25, 0.3) is 0 Å². The molecule has 0 heterocycles. The van der Waals surface area contributed by atoms with Gasteiger partial charge in [-0.1, -0.05) is 13.8 Å². The highest BCUT2D eigenvalue weighted by Crippen LogP contribution is 2.37. The third-order valence-electron chi connectivity index (χ3n) is 3.92. The maximum absolute atomic E-state index is 12.1. The lowest BCUT2D eigenvalue weighted by Crippen LogP contribution is -2.60. The van der Waals surface area contributed by atoms with Gasteiger partial charge in [0.1, 0.15) is 5.54 Å². The maximum Gasteiger partial charge on any atom is 0.326 e. The molecule has 0 aromatic carbocycles. The Bertz CT molecular complexity index is 257. The van der Waals surface area contributed by atoms with Gasteiger partial charge in [-0.3, -0.25) is 10.1 Å². The van der Waals surface area contributed by atoms with Crippen LogP contribution in [0.5, 0.6) is 0 Å². The molecule has 0 aromatic heterocycles. The molecule has 0 amide bonds. The minimum Gasteiger partial charge on any atom is -0.468 e. The molecule has 4 heteroatoms. The van der Waals surface area contributed by atoms with Gasteiger partial charge < -0.3 is 9.47 Å². The van der Waals surface area contributed by atoms with Crippen molar-refractivity contribution in [1.29, 1.82) is 0 Å². The third kappa shape index (κ3) is 3.19. The molecule has 1 aliphatic carbocycles. The van der Waals surface area contributed by atoms with Crippen LogP contribution in [0.3, 0.4) is 0 Å². The standard InChI is InChI=1S/C13H25NO3/c1-10-5-6-13(11(2)9-10,12(15)17-4)14-7-8-16-3/h10-11,14H,5-9H2,1-4H3. The van der Waals surface area contributed by atoms with Gasteiger partial charge in [-0.05, 0) is 31.1 Å². The third-order valence-corrected chi connectivity index (χ3v) is 3.92. The highest BCUT2D eigenvalue weighted by molar-refractivity contribution is 5.81. The number of rotatable bonds is 5. The summed E-state index contributed by atoms with van der Waals surface area (Å²) in [5.41, 5.74) is -0.514. The van der Waals surface area contributed by atoms with E-state index in [1.165, 1.54) is 7.11 Å². The minimum atomic E-state index is -0.514. The van der Waals surface area contributed by atoms with Gasteiger partial charge in [-0.15, -0.1) is 0 Å². The molecule has 0 saturated heterocycles. The molecule has 1 fully saturated rings. The van der Waals surface area contributed by atoms with Crippen LogP contribution >= 0.6 is 0 Å². The average Bonchev–Trinajstić information content (AvgIpc) is 2.31. The Hall–Kier alpha value is -0.610. The smallest absolute Gasteiger partial charge is 0.326 e. The lowest BCUT2D eigenvalue weighted by molar-refractivity contribution is -0.153. The summed E-state index contributed by atoms with van der Waals surface area (Å²) in [4.78, 5) is 12.1. The van der Waals surface area contributed by atoms with Crippen LogP contribution in [0.2, 0.25) is 0 Å². The average molecular weight is 243 g/mol. The summed E-state index contributed by atoms with van der Waals surface area (Å²) in [6, 6.07) is 0. The van der Waals surface area contributed by atoms with Gasteiger partial charge >= 0.3 is 5.97 Å². The molecule has 0 spiro atoms. The Morgan fingerprint density at radius 2 is 2.12 bits per heavy atom. The molecule has 1 aliphatic rings. The molecule has 1 rings (SSSR count). The number of hydrogen-bond acceptors (Lipinski definition) is 4. The van der Waals surface area contributed by atoms with E-state index >= 15 is 0 Å². The quantitative estimate of drug-likeness (QED) is 0.588. The van der Waals surface area contributed by atoms with E-state index < -0.39 is 5.54 Å². The zero-order chi connectivity index (χ0) is 12.9. The van der Waals surface area contributed by atoms with E-state index in [9.17, 15) is 4.79 Å². The molecular weight excluding hydrogens is 218 g/mol. The summed E-state index contributed by atoms with van der Waals surface area (Å²) in [6.45, 7) is 5.67. The van der Waals surface area contributed by atoms with Crippen LogP contribution in [0.1, 0.15) is 33.1 Å². The van der Waals surface area contributed by atoms with Crippen LogP contribution in [-0.4, -0.2) is 38.9 Å². The van der Waals surface area contributed by atoms with Crippen molar-refractivity contribution >= 4 is 5.97 Å². The van der Waals surface area contributed by atoms with E-state index in [1.54, 1.807) is 7.11 Å². The van der Waals surface area contributed by atoms with Gasteiger partial charge in [-0.2, -0.15) is 0 Å². The minimum absolute atomic E-state index is 0.131. The number of carbonyl (C=O) groups excluding carboxylic acids is 1. The molecule has 100 valence electrons. The van der Waals surface area contributed by atoms with Gasteiger partial charge in [0, 0.05) is 13.7 Å². The second-order valence-electron chi connectivity index (χ2n) is 5.16. The molecule has 3 atom stereocenters. The van der Waals surface area contributed by atoms with Crippen molar-refractivity contribution in [2.24, 2.45) is 11.8 Å². The molecular formula is C13H25NO3. The van der Waals surface area contributed by atoms with Crippen molar-refractivity contribution in [1.82, 2.24) is 5.32 Å². The van der Waals surface area contributed by atoms with Crippen LogP contribution < -0.4 is 5.32 Å². The van der Waals surface area contributed by atoms with E-state index in [0.717, 1.165) is 19.3 Å². The molecule has 0 aromatic rings. The number of nitrogens with one attached hydrogen (secondary N) is 1. The molecule has 1 saturated carbocycles.